The first-order chi connectivity index (χ1) is 12.6. The van der Waals surface area contributed by atoms with Crippen molar-refractivity contribution in [3.8, 4) is 0 Å². The zero-order valence-electron chi connectivity index (χ0n) is 14.5. The minimum absolute atomic E-state index is 0.245. The third kappa shape index (κ3) is 2.80. The molecule has 4 rings (SSSR count). The smallest absolute Gasteiger partial charge is 0.282 e. The normalized spacial score (nSPS) is 17.6. The van der Waals surface area contributed by atoms with Crippen LogP contribution < -0.4 is 4.90 Å². The van der Waals surface area contributed by atoms with Crippen LogP contribution in [0, 0.1) is 6.92 Å². The van der Waals surface area contributed by atoms with Crippen LogP contribution in [0.2, 0.25) is 5.02 Å². The molecule has 0 spiro atoms. The van der Waals surface area contributed by atoms with Crippen molar-refractivity contribution >= 4 is 34.7 Å². The minimum Gasteiger partial charge on any atom is -0.366 e. The van der Waals surface area contributed by atoms with E-state index in [1.165, 1.54) is 4.90 Å². The molecule has 2 aromatic carbocycles. The van der Waals surface area contributed by atoms with Crippen LogP contribution in [0.4, 0.5) is 5.69 Å². The molecule has 2 aliphatic heterocycles. The van der Waals surface area contributed by atoms with Crippen LogP contribution in [0.5, 0.6) is 0 Å². The van der Waals surface area contributed by atoms with Crippen LogP contribution in [0.15, 0.2) is 54.2 Å². The maximum absolute atomic E-state index is 13.2. The number of anilines is 1. The monoisotopic (exact) mass is 366 g/mol. The Kier molecular flexibility index (Phi) is 4.29. The van der Waals surface area contributed by atoms with Crippen molar-refractivity contribution in [1.29, 1.82) is 0 Å². The third-order valence-electron chi connectivity index (χ3n) is 4.91. The van der Waals surface area contributed by atoms with Gasteiger partial charge in [0.05, 0.1) is 11.3 Å². The molecule has 0 N–H and O–H groups in total. The van der Waals surface area contributed by atoms with Gasteiger partial charge in [-0.3, -0.25) is 9.59 Å². The van der Waals surface area contributed by atoms with E-state index in [9.17, 15) is 9.59 Å². The van der Waals surface area contributed by atoms with Gasteiger partial charge < -0.3 is 4.90 Å². The Labute approximate surface area is 157 Å². The Morgan fingerprint density at radius 2 is 1.46 bits per heavy atom. The number of halogens is 1. The number of rotatable bonds is 3. The molecule has 0 bridgehead atoms. The first-order valence-corrected chi connectivity index (χ1v) is 9.14. The van der Waals surface area contributed by atoms with Crippen molar-refractivity contribution in [1.82, 2.24) is 4.90 Å². The number of amides is 2. The van der Waals surface area contributed by atoms with Crippen molar-refractivity contribution in [3.63, 3.8) is 0 Å². The summed E-state index contributed by atoms with van der Waals surface area (Å²) in [6.45, 7) is 3.57. The number of imide groups is 1. The van der Waals surface area contributed by atoms with Gasteiger partial charge in [-0.05, 0) is 49.6 Å². The van der Waals surface area contributed by atoms with E-state index in [0.717, 1.165) is 37.1 Å². The van der Waals surface area contributed by atoms with Gasteiger partial charge in [-0.15, -0.1) is 0 Å². The molecule has 0 saturated carbocycles. The summed E-state index contributed by atoms with van der Waals surface area (Å²) in [6, 6.07) is 14.6. The van der Waals surface area contributed by atoms with Crippen LogP contribution in [0.3, 0.4) is 0 Å². The largest absolute Gasteiger partial charge is 0.366 e. The van der Waals surface area contributed by atoms with E-state index >= 15 is 0 Å². The lowest BCUT2D eigenvalue weighted by Crippen LogP contribution is -2.34. The van der Waals surface area contributed by atoms with E-state index in [2.05, 4.69) is 0 Å². The summed E-state index contributed by atoms with van der Waals surface area (Å²) in [5, 5.41) is 0.601. The molecule has 1 saturated heterocycles. The maximum Gasteiger partial charge on any atom is 0.282 e. The fourth-order valence-corrected chi connectivity index (χ4v) is 3.68. The zero-order valence-corrected chi connectivity index (χ0v) is 15.3. The van der Waals surface area contributed by atoms with Crippen LogP contribution in [0.1, 0.15) is 24.0 Å². The standard InChI is InChI=1S/C21H19ClN2O2/c1-14-4-10-17(11-5-14)24-20(25)18(15-6-8-16(22)9-7-15)19(21(24)26)23-12-2-3-13-23/h4-11H,2-3,12-13H2,1H3. The zero-order chi connectivity index (χ0) is 18.3. The number of aryl methyl sites for hydroxylation is 1. The van der Waals surface area contributed by atoms with Crippen molar-refractivity contribution in [2.75, 3.05) is 18.0 Å². The minimum atomic E-state index is -0.275. The topological polar surface area (TPSA) is 40.6 Å². The number of carbonyl (C=O) groups is 2. The maximum atomic E-state index is 13.2. The molecule has 0 aliphatic carbocycles. The first-order valence-electron chi connectivity index (χ1n) is 8.77. The van der Waals surface area contributed by atoms with Gasteiger partial charge >= 0.3 is 0 Å². The molecule has 2 aliphatic rings. The highest BCUT2D eigenvalue weighted by Gasteiger charge is 2.42. The van der Waals surface area contributed by atoms with E-state index < -0.39 is 0 Å². The molecule has 0 atom stereocenters. The number of benzene rings is 2. The number of carbonyl (C=O) groups excluding carboxylic acids is 2. The molecule has 0 aromatic heterocycles. The summed E-state index contributed by atoms with van der Waals surface area (Å²) in [6.07, 6.45) is 2.06. The third-order valence-corrected chi connectivity index (χ3v) is 5.16. The summed E-state index contributed by atoms with van der Waals surface area (Å²) >= 11 is 6.00. The summed E-state index contributed by atoms with van der Waals surface area (Å²) in [4.78, 5) is 29.8. The lowest BCUT2D eigenvalue weighted by molar-refractivity contribution is -0.120. The van der Waals surface area contributed by atoms with Crippen LogP contribution in [0.25, 0.3) is 5.57 Å². The molecule has 2 heterocycles. The average Bonchev–Trinajstić information content (AvgIpc) is 3.23. The van der Waals surface area contributed by atoms with Gasteiger partial charge in [0.1, 0.15) is 5.70 Å². The highest BCUT2D eigenvalue weighted by molar-refractivity contribution is 6.45. The van der Waals surface area contributed by atoms with Crippen LogP contribution in [-0.4, -0.2) is 29.8 Å². The summed E-state index contributed by atoms with van der Waals surface area (Å²) in [5.74, 6) is -0.520. The van der Waals surface area contributed by atoms with Gasteiger partial charge in [0.15, 0.2) is 0 Å². The molecule has 26 heavy (non-hydrogen) atoms. The first kappa shape index (κ1) is 16.9. The van der Waals surface area contributed by atoms with Crippen LogP contribution in [-0.2, 0) is 9.59 Å². The van der Waals surface area contributed by atoms with Crippen molar-refractivity contribution in [2.45, 2.75) is 19.8 Å². The Balaban J connectivity index is 1.82. The number of hydrogen-bond donors (Lipinski definition) is 0. The predicted molar refractivity (Wildman–Crippen MR) is 103 cm³/mol. The number of nitrogens with zero attached hydrogens (tertiary/aromatic N) is 2. The molecule has 5 heteroatoms. The second kappa shape index (κ2) is 6.61. The highest BCUT2D eigenvalue weighted by atomic mass is 35.5. The molecule has 2 amide bonds. The Morgan fingerprint density at radius 1 is 0.846 bits per heavy atom. The number of hydrogen-bond acceptors (Lipinski definition) is 3. The van der Waals surface area contributed by atoms with Crippen LogP contribution >= 0.6 is 11.6 Å². The predicted octanol–water partition coefficient (Wildman–Crippen LogP) is 4.03. The van der Waals surface area contributed by atoms with E-state index in [1.54, 1.807) is 24.3 Å². The Hall–Kier alpha value is -2.59. The summed E-state index contributed by atoms with van der Waals surface area (Å²) < 4.78 is 0. The SMILES string of the molecule is Cc1ccc(N2C(=O)C(c3ccc(Cl)cc3)=C(N3CCCC3)C2=O)cc1. The van der Waals surface area contributed by atoms with Crippen molar-refractivity contribution < 1.29 is 9.59 Å². The fraction of sp³-hybridized carbons (Fsp3) is 0.238. The lowest BCUT2D eigenvalue weighted by atomic mass is 10.0. The fourth-order valence-electron chi connectivity index (χ4n) is 3.56. The van der Waals surface area contributed by atoms with Crippen molar-refractivity contribution in [3.05, 3.63) is 70.4 Å². The summed E-state index contributed by atoms with van der Waals surface area (Å²) in [5.41, 5.74) is 3.39. The molecule has 0 unspecified atom stereocenters. The van der Waals surface area contributed by atoms with Gasteiger partial charge in [0.25, 0.3) is 11.8 Å². The van der Waals surface area contributed by atoms with Gasteiger partial charge in [-0.2, -0.15) is 0 Å². The Bertz CT molecular complexity index is 895. The van der Waals surface area contributed by atoms with Gasteiger partial charge in [-0.25, -0.2) is 4.90 Å². The van der Waals surface area contributed by atoms with E-state index in [-0.39, 0.29) is 11.8 Å². The quantitative estimate of drug-likeness (QED) is 0.770. The molecule has 0 radical (unpaired) electrons. The average molecular weight is 367 g/mol. The van der Waals surface area contributed by atoms with E-state index in [1.807, 2.05) is 36.1 Å². The Morgan fingerprint density at radius 3 is 2.08 bits per heavy atom. The lowest BCUT2D eigenvalue weighted by Gasteiger charge is -2.20. The molecule has 2 aromatic rings. The second-order valence-electron chi connectivity index (χ2n) is 6.71. The van der Waals surface area contributed by atoms with Crippen molar-refractivity contribution in [2.24, 2.45) is 0 Å². The molecule has 4 nitrogen and oxygen atoms in total. The molecular formula is C21H19ClN2O2. The molecular weight excluding hydrogens is 348 g/mol. The van der Waals surface area contributed by atoms with Gasteiger partial charge in [-0.1, -0.05) is 41.4 Å². The molecule has 1 fully saturated rings. The molecule has 132 valence electrons. The second-order valence-corrected chi connectivity index (χ2v) is 7.14. The van der Waals surface area contributed by atoms with Gasteiger partial charge in [0, 0.05) is 18.1 Å². The summed E-state index contributed by atoms with van der Waals surface area (Å²) in [7, 11) is 0. The number of likely N-dealkylation sites (tertiary alicyclic amines) is 1. The van der Waals surface area contributed by atoms with Gasteiger partial charge in [0.2, 0.25) is 0 Å². The van der Waals surface area contributed by atoms with E-state index in [4.69, 9.17) is 11.6 Å². The highest BCUT2D eigenvalue weighted by Crippen LogP contribution is 2.36. The van der Waals surface area contributed by atoms with E-state index in [0.29, 0.717) is 22.0 Å².